The van der Waals surface area contributed by atoms with Crippen LogP contribution in [0.4, 0.5) is 8.78 Å². The Balaban J connectivity index is 1.25. The average molecular weight is 461 g/mol. The molecule has 0 unspecified atom stereocenters. The summed E-state index contributed by atoms with van der Waals surface area (Å²) in [4.78, 5) is 36.1. The lowest BCUT2D eigenvalue weighted by Gasteiger charge is -2.32. The summed E-state index contributed by atoms with van der Waals surface area (Å²) in [7, 11) is 0. The number of aryl methyl sites for hydroxylation is 3. The highest BCUT2D eigenvalue weighted by Crippen LogP contribution is 2.25. The molecule has 3 heterocycles. The van der Waals surface area contributed by atoms with Gasteiger partial charge in [-0.3, -0.25) is 14.5 Å². The van der Waals surface area contributed by atoms with Crippen LogP contribution in [0.2, 0.25) is 0 Å². The van der Waals surface area contributed by atoms with E-state index in [0.717, 1.165) is 48.0 Å². The second-order valence-corrected chi connectivity index (χ2v) is 9.55. The summed E-state index contributed by atoms with van der Waals surface area (Å²) in [6, 6.07) is 4.07. The van der Waals surface area contributed by atoms with Crippen LogP contribution in [0.5, 0.6) is 0 Å². The number of fused-ring (bicyclic) bond motifs is 1. The van der Waals surface area contributed by atoms with Crippen molar-refractivity contribution in [3.8, 4) is 0 Å². The largest absolute Gasteiger partial charge is 0.353 e. The fraction of sp³-hybridized carbons (Fsp3) is 0.435. The van der Waals surface area contributed by atoms with Gasteiger partial charge in [0, 0.05) is 43.4 Å². The molecule has 170 valence electrons. The average Bonchev–Trinajstić information content (AvgIpc) is 3.04. The van der Waals surface area contributed by atoms with E-state index in [0.29, 0.717) is 29.0 Å². The Morgan fingerprint density at radius 1 is 1.25 bits per heavy atom. The molecule has 3 aromatic rings. The van der Waals surface area contributed by atoms with E-state index in [1.54, 1.807) is 6.07 Å². The third kappa shape index (κ3) is 5.05. The zero-order valence-electron chi connectivity index (χ0n) is 18.1. The molecule has 9 heteroatoms. The number of carbonyl (C=O) groups is 1. The molecule has 6 nitrogen and oxygen atoms in total. The second kappa shape index (κ2) is 9.46. The molecule has 0 spiro atoms. The number of carbonyl (C=O) groups excluding carboxylic acids is 1. The molecule has 0 radical (unpaired) electrons. The van der Waals surface area contributed by atoms with Crippen molar-refractivity contribution in [2.75, 3.05) is 13.1 Å². The van der Waals surface area contributed by atoms with Crippen molar-refractivity contribution in [2.24, 2.45) is 0 Å². The molecule has 1 saturated heterocycles. The molecule has 4 rings (SSSR count). The van der Waals surface area contributed by atoms with Gasteiger partial charge >= 0.3 is 0 Å². The van der Waals surface area contributed by atoms with E-state index < -0.39 is 11.6 Å². The number of nitrogens with one attached hydrogen (secondary N) is 2. The maximum atomic E-state index is 13.4. The summed E-state index contributed by atoms with van der Waals surface area (Å²) >= 11 is 1.50. The molecule has 2 aromatic heterocycles. The van der Waals surface area contributed by atoms with Gasteiger partial charge < -0.3 is 10.3 Å². The Kier molecular flexibility index (Phi) is 6.66. The lowest BCUT2D eigenvalue weighted by atomic mass is 10.0. The van der Waals surface area contributed by atoms with Gasteiger partial charge in [0.15, 0.2) is 11.6 Å². The monoisotopic (exact) mass is 460 g/mol. The first-order chi connectivity index (χ1) is 15.3. The number of aromatic nitrogens is 2. The minimum atomic E-state index is -0.838. The Labute approximate surface area is 188 Å². The van der Waals surface area contributed by atoms with Gasteiger partial charge in [-0.05, 0) is 49.9 Å². The Morgan fingerprint density at radius 3 is 2.72 bits per heavy atom. The standard InChI is InChI=1S/C23H26F2N4O2S/c1-13-14(2)32-23-21(13)22(31)27-19(28-23)5-6-20(30)26-16-7-9-29(10-8-16)12-15-3-4-17(24)18(25)11-15/h3-4,11,16H,5-10,12H2,1-2H3,(H,26,30)(H,27,28,31). The molecule has 0 saturated carbocycles. The van der Waals surface area contributed by atoms with Gasteiger partial charge in [0.05, 0.1) is 5.39 Å². The second-order valence-electron chi connectivity index (χ2n) is 8.34. The van der Waals surface area contributed by atoms with E-state index in [2.05, 4.69) is 20.2 Å². The summed E-state index contributed by atoms with van der Waals surface area (Å²) in [6.45, 7) is 5.99. The summed E-state index contributed by atoms with van der Waals surface area (Å²) in [5.74, 6) is -1.20. The number of nitrogens with zero attached hydrogens (tertiary/aromatic N) is 2. The Bertz CT molecular complexity index is 1200. The van der Waals surface area contributed by atoms with Crippen molar-refractivity contribution >= 4 is 27.5 Å². The summed E-state index contributed by atoms with van der Waals surface area (Å²) in [5, 5.41) is 3.70. The first-order valence-corrected chi connectivity index (χ1v) is 11.6. The van der Waals surface area contributed by atoms with Crippen LogP contribution in [0.25, 0.3) is 10.2 Å². The SMILES string of the molecule is Cc1sc2nc(CCC(=O)NC3CCN(Cc4ccc(F)c(F)c4)CC3)[nH]c(=O)c2c1C. The number of halogens is 2. The number of rotatable bonds is 6. The Morgan fingerprint density at radius 2 is 2.00 bits per heavy atom. The van der Waals surface area contributed by atoms with Gasteiger partial charge in [-0.15, -0.1) is 11.3 Å². The third-order valence-corrected chi connectivity index (χ3v) is 7.12. The van der Waals surface area contributed by atoms with Gasteiger partial charge in [0.1, 0.15) is 10.7 Å². The lowest BCUT2D eigenvalue weighted by Crippen LogP contribution is -2.44. The molecule has 1 aliphatic rings. The van der Waals surface area contributed by atoms with Crippen LogP contribution in [-0.4, -0.2) is 39.9 Å². The van der Waals surface area contributed by atoms with Crippen LogP contribution < -0.4 is 10.9 Å². The lowest BCUT2D eigenvalue weighted by molar-refractivity contribution is -0.122. The highest BCUT2D eigenvalue weighted by atomic mass is 32.1. The van der Waals surface area contributed by atoms with Crippen LogP contribution >= 0.6 is 11.3 Å². The molecular weight excluding hydrogens is 434 g/mol. The molecule has 1 aromatic carbocycles. The molecule has 1 aliphatic heterocycles. The number of hydrogen-bond acceptors (Lipinski definition) is 5. The van der Waals surface area contributed by atoms with Gasteiger partial charge in [0.25, 0.3) is 5.56 Å². The van der Waals surface area contributed by atoms with Crippen molar-refractivity contribution in [3.05, 3.63) is 62.0 Å². The maximum Gasteiger partial charge on any atom is 0.259 e. The Hall–Kier alpha value is -2.65. The highest BCUT2D eigenvalue weighted by molar-refractivity contribution is 7.18. The third-order valence-electron chi connectivity index (χ3n) is 6.02. The molecule has 1 fully saturated rings. The number of piperidine rings is 1. The summed E-state index contributed by atoms with van der Waals surface area (Å²) < 4.78 is 26.5. The topological polar surface area (TPSA) is 78.1 Å². The normalized spacial score (nSPS) is 15.4. The van der Waals surface area contributed by atoms with Gasteiger partial charge in [-0.1, -0.05) is 6.07 Å². The van der Waals surface area contributed by atoms with Gasteiger partial charge in [-0.25, -0.2) is 13.8 Å². The number of likely N-dealkylation sites (tertiary alicyclic amines) is 1. The van der Waals surface area contributed by atoms with Gasteiger partial charge in [0.2, 0.25) is 5.91 Å². The quantitative estimate of drug-likeness (QED) is 0.589. The predicted octanol–water partition coefficient (Wildman–Crippen LogP) is 3.59. The zero-order chi connectivity index (χ0) is 22.8. The molecule has 2 N–H and O–H groups in total. The summed E-state index contributed by atoms with van der Waals surface area (Å²) in [5.41, 5.74) is 1.54. The van der Waals surface area contributed by atoms with Gasteiger partial charge in [-0.2, -0.15) is 0 Å². The van der Waals surface area contributed by atoms with Crippen LogP contribution in [0.15, 0.2) is 23.0 Å². The first kappa shape index (κ1) is 22.5. The maximum absolute atomic E-state index is 13.4. The van der Waals surface area contributed by atoms with E-state index in [4.69, 9.17) is 0 Å². The fourth-order valence-corrected chi connectivity index (χ4v) is 5.13. The summed E-state index contributed by atoms with van der Waals surface area (Å²) in [6.07, 6.45) is 2.23. The number of amides is 1. The van der Waals surface area contributed by atoms with E-state index in [-0.39, 0.29) is 23.9 Å². The van der Waals surface area contributed by atoms with E-state index in [9.17, 15) is 18.4 Å². The molecule has 0 aliphatic carbocycles. The fourth-order valence-electron chi connectivity index (χ4n) is 4.08. The van der Waals surface area contributed by atoms with E-state index in [1.807, 2.05) is 13.8 Å². The number of H-pyrrole nitrogens is 1. The van der Waals surface area contributed by atoms with Crippen LogP contribution in [0.3, 0.4) is 0 Å². The van der Waals surface area contributed by atoms with Crippen molar-refractivity contribution in [1.29, 1.82) is 0 Å². The predicted molar refractivity (Wildman–Crippen MR) is 121 cm³/mol. The first-order valence-electron chi connectivity index (χ1n) is 10.7. The number of aromatic amines is 1. The van der Waals surface area contributed by atoms with Crippen molar-refractivity contribution in [3.63, 3.8) is 0 Å². The minimum absolute atomic E-state index is 0.0645. The highest BCUT2D eigenvalue weighted by Gasteiger charge is 2.21. The minimum Gasteiger partial charge on any atom is -0.353 e. The van der Waals surface area contributed by atoms with E-state index in [1.165, 1.54) is 17.4 Å². The number of benzene rings is 1. The van der Waals surface area contributed by atoms with Crippen LogP contribution in [-0.2, 0) is 17.8 Å². The van der Waals surface area contributed by atoms with Crippen LogP contribution in [0.1, 0.15) is 41.1 Å². The van der Waals surface area contributed by atoms with Crippen molar-refractivity contribution in [2.45, 2.75) is 52.1 Å². The molecule has 32 heavy (non-hydrogen) atoms. The molecular formula is C23H26F2N4O2S. The zero-order valence-corrected chi connectivity index (χ0v) is 19.0. The molecule has 0 atom stereocenters. The van der Waals surface area contributed by atoms with Crippen molar-refractivity contribution in [1.82, 2.24) is 20.2 Å². The number of hydrogen-bond donors (Lipinski definition) is 2. The molecule has 1 amide bonds. The smallest absolute Gasteiger partial charge is 0.259 e. The molecule has 0 bridgehead atoms. The van der Waals surface area contributed by atoms with E-state index >= 15 is 0 Å². The number of thiophene rings is 1. The van der Waals surface area contributed by atoms with Crippen molar-refractivity contribution < 1.29 is 13.6 Å². The van der Waals surface area contributed by atoms with Crippen LogP contribution in [0, 0.1) is 25.5 Å².